The van der Waals surface area contributed by atoms with Crippen molar-refractivity contribution < 1.29 is 33.4 Å². The lowest BCUT2D eigenvalue weighted by Crippen LogP contribution is -2.29. The fraction of sp³-hybridized carbons (Fsp3) is 0.800. The van der Waals surface area contributed by atoms with Gasteiger partial charge in [0.15, 0.2) is 6.10 Å². The second-order valence-electron chi connectivity index (χ2n) is 6.41. The molecule has 158 valence electrons. The predicted molar refractivity (Wildman–Crippen MR) is 102 cm³/mol. The van der Waals surface area contributed by atoms with E-state index < -0.39 is 24.0 Å². The number of rotatable bonds is 13. The van der Waals surface area contributed by atoms with Gasteiger partial charge in [0.1, 0.15) is 19.0 Å². The van der Waals surface area contributed by atoms with Crippen LogP contribution >= 0.6 is 0 Å². The van der Waals surface area contributed by atoms with Gasteiger partial charge in [-0.2, -0.15) is 0 Å². The van der Waals surface area contributed by atoms with E-state index in [0.29, 0.717) is 5.78 Å². The second kappa shape index (κ2) is 18.9. The van der Waals surface area contributed by atoms with E-state index in [1.807, 2.05) is 0 Å². The Bertz CT molecular complexity index is 414. The van der Waals surface area contributed by atoms with Crippen molar-refractivity contribution in [3.8, 4) is 0 Å². The molecule has 0 aromatic rings. The number of Topliss-reactive ketones (excluding diaryl/α,β-unsaturated/α-hetero) is 1. The van der Waals surface area contributed by atoms with Crippen LogP contribution in [0, 0.1) is 0 Å². The monoisotopic (exact) mass is 388 g/mol. The summed E-state index contributed by atoms with van der Waals surface area (Å²) in [4.78, 5) is 42.2. The zero-order valence-corrected chi connectivity index (χ0v) is 17.5. The lowest BCUT2D eigenvalue weighted by molar-refractivity contribution is -0.163. The molecular formula is C20H36O7. The molecule has 0 bridgehead atoms. The highest BCUT2D eigenvalue weighted by Gasteiger charge is 2.15. The van der Waals surface area contributed by atoms with Crippen molar-refractivity contribution in [2.75, 3.05) is 13.2 Å². The standard InChI is InChI=1S/C11H22O.C9H14O6/c1-3-4-5-6-7-8-9-10-11(2)12;1-6(10)13-4-9(15-8(3)12)5-14-7(2)11/h3-10H2,1-2H3;9H,4-5H2,1-3H3. The molecule has 0 unspecified atom stereocenters. The SMILES string of the molecule is CC(=O)OCC(COC(C)=O)OC(C)=O.CCCCCCCCCC(C)=O. The summed E-state index contributed by atoms with van der Waals surface area (Å²) in [5, 5.41) is 0. The van der Waals surface area contributed by atoms with Crippen LogP contribution in [-0.4, -0.2) is 43.0 Å². The third-order valence-corrected chi connectivity index (χ3v) is 3.41. The first-order chi connectivity index (χ1) is 12.7. The van der Waals surface area contributed by atoms with Crippen LogP contribution in [0.5, 0.6) is 0 Å². The summed E-state index contributed by atoms with van der Waals surface area (Å²) in [6.07, 6.45) is 9.09. The molecule has 7 nitrogen and oxygen atoms in total. The summed E-state index contributed by atoms with van der Waals surface area (Å²) in [7, 11) is 0. The largest absolute Gasteiger partial charge is 0.462 e. The first-order valence-corrected chi connectivity index (χ1v) is 9.62. The number of hydrogen-bond donors (Lipinski definition) is 0. The maximum atomic E-state index is 10.6. The molecule has 0 saturated heterocycles. The lowest BCUT2D eigenvalue weighted by Gasteiger charge is -2.15. The van der Waals surface area contributed by atoms with Crippen LogP contribution in [-0.2, 0) is 33.4 Å². The van der Waals surface area contributed by atoms with E-state index in [0.717, 1.165) is 12.8 Å². The number of carbonyl (C=O) groups is 4. The molecule has 0 heterocycles. The van der Waals surface area contributed by atoms with Gasteiger partial charge >= 0.3 is 17.9 Å². The van der Waals surface area contributed by atoms with E-state index in [1.54, 1.807) is 6.92 Å². The summed E-state index contributed by atoms with van der Waals surface area (Å²) in [5.41, 5.74) is 0. The third-order valence-electron chi connectivity index (χ3n) is 3.41. The first kappa shape index (κ1) is 27.3. The second-order valence-corrected chi connectivity index (χ2v) is 6.41. The van der Waals surface area contributed by atoms with Crippen LogP contribution in [0.15, 0.2) is 0 Å². The van der Waals surface area contributed by atoms with Gasteiger partial charge in [-0.1, -0.05) is 45.4 Å². The molecule has 0 amide bonds. The van der Waals surface area contributed by atoms with Gasteiger partial charge in [0.25, 0.3) is 0 Å². The summed E-state index contributed by atoms with van der Waals surface area (Å²) in [5.74, 6) is -1.17. The van der Waals surface area contributed by atoms with E-state index in [9.17, 15) is 19.2 Å². The zero-order chi connectivity index (χ0) is 21.1. The Labute approximate surface area is 163 Å². The maximum Gasteiger partial charge on any atom is 0.303 e. The minimum Gasteiger partial charge on any atom is -0.462 e. The van der Waals surface area contributed by atoms with Crippen molar-refractivity contribution in [1.82, 2.24) is 0 Å². The smallest absolute Gasteiger partial charge is 0.303 e. The van der Waals surface area contributed by atoms with Gasteiger partial charge in [-0.3, -0.25) is 14.4 Å². The van der Waals surface area contributed by atoms with E-state index in [-0.39, 0.29) is 13.2 Å². The highest BCUT2D eigenvalue weighted by atomic mass is 16.6. The summed E-state index contributed by atoms with van der Waals surface area (Å²) < 4.78 is 14.0. The van der Waals surface area contributed by atoms with Gasteiger partial charge in [0, 0.05) is 27.2 Å². The molecule has 7 heteroatoms. The Hall–Kier alpha value is -1.92. The van der Waals surface area contributed by atoms with E-state index in [2.05, 4.69) is 16.4 Å². The van der Waals surface area contributed by atoms with Crippen LogP contribution in [0.2, 0.25) is 0 Å². The Morgan fingerprint density at radius 2 is 1.11 bits per heavy atom. The first-order valence-electron chi connectivity index (χ1n) is 9.62. The van der Waals surface area contributed by atoms with E-state index in [1.165, 1.54) is 59.3 Å². The summed E-state index contributed by atoms with van der Waals surface area (Å²) in [6, 6.07) is 0. The molecule has 0 aromatic heterocycles. The number of carbonyl (C=O) groups excluding carboxylic acids is 4. The number of hydrogen-bond acceptors (Lipinski definition) is 7. The Morgan fingerprint density at radius 3 is 1.48 bits per heavy atom. The minimum absolute atomic E-state index is 0.123. The average molecular weight is 389 g/mol. The molecule has 0 fully saturated rings. The Kier molecular flexibility index (Phi) is 19.1. The maximum absolute atomic E-state index is 10.6. The Morgan fingerprint density at radius 1 is 0.667 bits per heavy atom. The number of ketones is 1. The zero-order valence-electron chi connectivity index (χ0n) is 17.5. The lowest BCUT2D eigenvalue weighted by atomic mass is 10.1. The van der Waals surface area contributed by atoms with Gasteiger partial charge in [-0.25, -0.2) is 0 Å². The molecule has 0 saturated carbocycles. The number of ether oxygens (including phenoxy) is 3. The quantitative estimate of drug-likeness (QED) is 0.269. The summed E-state index contributed by atoms with van der Waals surface area (Å²) >= 11 is 0. The van der Waals surface area contributed by atoms with Crippen LogP contribution in [0.4, 0.5) is 0 Å². The molecular weight excluding hydrogens is 352 g/mol. The van der Waals surface area contributed by atoms with E-state index >= 15 is 0 Å². The highest BCUT2D eigenvalue weighted by Crippen LogP contribution is 2.08. The van der Waals surface area contributed by atoms with Gasteiger partial charge in [0.05, 0.1) is 0 Å². The average Bonchev–Trinajstić information content (AvgIpc) is 2.56. The van der Waals surface area contributed by atoms with Crippen molar-refractivity contribution in [3.05, 3.63) is 0 Å². The predicted octanol–water partition coefficient (Wildman–Crippen LogP) is 3.76. The highest BCUT2D eigenvalue weighted by molar-refractivity contribution is 5.75. The third kappa shape index (κ3) is 26.4. The molecule has 0 aliphatic heterocycles. The molecule has 0 aliphatic rings. The van der Waals surface area contributed by atoms with Crippen LogP contribution in [0.1, 0.15) is 86.0 Å². The molecule has 0 N–H and O–H groups in total. The van der Waals surface area contributed by atoms with Crippen LogP contribution < -0.4 is 0 Å². The Balaban J connectivity index is 0. The topological polar surface area (TPSA) is 96.0 Å². The van der Waals surface area contributed by atoms with Crippen LogP contribution in [0.3, 0.4) is 0 Å². The van der Waals surface area contributed by atoms with Gasteiger partial charge in [0.2, 0.25) is 0 Å². The molecule has 0 aliphatic carbocycles. The molecule has 27 heavy (non-hydrogen) atoms. The minimum atomic E-state index is -0.754. The van der Waals surface area contributed by atoms with E-state index in [4.69, 9.17) is 4.74 Å². The van der Waals surface area contributed by atoms with Crippen molar-refractivity contribution >= 4 is 23.7 Å². The van der Waals surface area contributed by atoms with Crippen LogP contribution in [0.25, 0.3) is 0 Å². The van der Waals surface area contributed by atoms with Crippen molar-refractivity contribution in [1.29, 1.82) is 0 Å². The van der Waals surface area contributed by atoms with Crippen molar-refractivity contribution in [2.45, 2.75) is 92.1 Å². The molecule has 0 atom stereocenters. The molecule has 0 spiro atoms. The van der Waals surface area contributed by atoms with Gasteiger partial charge in [-0.05, 0) is 13.3 Å². The number of esters is 3. The normalized spacial score (nSPS) is 9.85. The van der Waals surface area contributed by atoms with Crippen molar-refractivity contribution in [3.63, 3.8) is 0 Å². The molecule has 0 rings (SSSR count). The van der Waals surface area contributed by atoms with Gasteiger partial charge < -0.3 is 19.0 Å². The van der Waals surface area contributed by atoms with Gasteiger partial charge in [-0.15, -0.1) is 0 Å². The fourth-order valence-corrected chi connectivity index (χ4v) is 2.10. The summed E-state index contributed by atoms with van der Waals surface area (Å²) in [6.45, 7) is 7.35. The molecule has 0 aromatic carbocycles. The fourth-order valence-electron chi connectivity index (χ4n) is 2.10. The number of unbranched alkanes of at least 4 members (excludes halogenated alkanes) is 6. The molecule has 0 radical (unpaired) electrons. The van der Waals surface area contributed by atoms with Crippen molar-refractivity contribution in [2.24, 2.45) is 0 Å².